The van der Waals surface area contributed by atoms with Crippen molar-refractivity contribution in [1.29, 1.82) is 0 Å². The minimum atomic E-state index is 0.958. The lowest BCUT2D eigenvalue weighted by Gasteiger charge is -1.96. The molecular weight excluding hydrogens is 138 g/mol. The second-order valence-corrected chi connectivity index (χ2v) is 2.76. The van der Waals surface area contributed by atoms with Crippen molar-refractivity contribution >= 4 is 29.2 Å². The molecule has 0 radical (unpaired) electrons. The fraction of sp³-hybridized carbons (Fsp3) is 0.400. The minimum Gasteiger partial charge on any atom is -0.321 e. The SMILES string of the molecule is S=C1CCC=CSN1. The van der Waals surface area contributed by atoms with Crippen LogP contribution in [0.15, 0.2) is 11.5 Å². The second-order valence-electron chi connectivity index (χ2n) is 1.55. The molecule has 0 aromatic carbocycles. The predicted octanol–water partition coefficient (Wildman–Crippen LogP) is 1.86. The first kappa shape index (κ1) is 6.11. The normalized spacial score (nSPS) is 19.8. The largest absolute Gasteiger partial charge is 0.321 e. The van der Waals surface area contributed by atoms with Gasteiger partial charge in [-0.05, 0) is 23.8 Å². The maximum absolute atomic E-state index is 4.92. The van der Waals surface area contributed by atoms with Crippen molar-refractivity contribution in [1.82, 2.24) is 4.72 Å². The highest BCUT2D eigenvalue weighted by molar-refractivity contribution is 8.01. The molecule has 3 heteroatoms. The monoisotopic (exact) mass is 145 g/mol. The molecule has 0 aliphatic carbocycles. The molecule has 1 aliphatic rings. The predicted molar refractivity (Wildman–Crippen MR) is 41.7 cm³/mol. The van der Waals surface area contributed by atoms with E-state index in [9.17, 15) is 0 Å². The number of allylic oxidation sites excluding steroid dienone is 1. The van der Waals surface area contributed by atoms with Crippen molar-refractivity contribution < 1.29 is 0 Å². The summed E-state index contributed by atoms with van der Waals surface area (Å²) in [5.74, 6) is 0. The summed E-state index contributed by atoms with van der Waals surface area (Å²) in [5, 5.41) is 2.03. The van der Waals surface area contributed by atoms with Gasteiger partial charge in [0.2, 0.25) is 0 Å². The summed E-state index contributed by atoms with van der Waals surface area (Å²) in [5.41, 5.74) is 0. The minimum absolute atomic E-state index is 0.958. The highest BCUT2D eigenvalue weighted by atomic mass is 32.2. The fourth-order valence-electron chi connectivity index (χ4n) is 0.481. The Bertz CT molecular complexity index is 108. The van der Waals surface area contributed by atoms with E-state index in [2.05, 4.69) is 10.8 Å². The molecule has 0 bridgehead atoms. The van der Waals surface area contributed by atoms with Crippen LogP contribution in [0.5, 0.6) is 0 Å². The quantitative estimate of drug-likeness (QED) is 0.413. The molecule has 0 saturated carbocycles. The summed E-state index contributed by atoms with van der Waals surface area (Å²) < 4.78 is 3.01. The molecule has 1 aliphatic heterocycles. The van der Waals surface area contributed by atoms with E-state index in [-0.39, 0.29) is 0 Å². The van der Waals surface area contributed by atoms with Crippen molar-refractivity contribution in [3.63, 3.8) is 0 Å². The summed E-state index contributed by atoms with van der Waals surface area (Å²) in [6, 6.07) is 0. The van der Waals surface area contributed by atoms with Crippen LogP contribution in [0.1, 0.15) is 12.8 Å². The summed E-state index contributed by atoms with van der Waals surface area (Å²) in [6.07, 6.45) is 4.20. The molecule has 0 atom stereocenters. The Morgan fingerprint density at radius 2 is 2.62 bits per heavy atom. The lowest BCUT2D eigenvalue weighted by molar-refractivity contribution is 1.10. The zero-order valence-electron chi connectivity index (χ0n) is 4.39. The van der Waals surface area contributed by atoms with Crippen LogP contribution in [0.4, 0.5) is 0 Å². The molecular formula is C5H7NS2. The summed E-state index contributed by atoms with van der Waals surface area (Å²) >= 11 is 6.47. The molecule has 8 heavy (non-hydrogen) atoms. The van der Waals surface area contributed by atoms with Gasteiger partial charge in [0.25, 0.3) is 0 Å². The van der Waals surface area contributed by atoms with E-state index in [0.717, 1.165) is 17.8 Å². The van der Waals surface area contributed by atoms with E-state index in [1.807, 2.05) is 5.41 Å². The third kappa shape index (κ3) is 1.84. The van der Waals surface area contributed by atoms with Crippen molar-refractivity contribution in [2.75, 3.05) is 0 Å². The zero-order valence-corrected chi connectivity index (χ0v) is 6.02. The van der Waals surface area contributed by atoms with E-state index < -0.39 is 0 Å². The smallest absolute Gasteiger partial charge is 0.0857 e. The van der Waals surface area contributed by atoms with E-state index in [0.29, 0.717) is 0 Å². The van der Waals surface area contributed by atoms with Crippen LogP contribution in [-0.4, -0.2) is 4.99 Å². The van der Waals surface area contributed by atoms with Crippen molar-refractivity contribution in [3.05, 3.63) is 11.5 Å². The van der Waals surface area contributed by atoms with Gasteiger partial charge in [0.05, 0.1) is 4.99 Å². The highest BCUT2D eigenvalue weighted by Gasteiger charge is 1.95. The van der Waals surface area contributed by atoms with Crippen LogP contribution in [-0.2, 0) is 0 Å². The molecule has 0 unspecified atom stereocenters. The van der Waals surface area contributed by atoms with E-state index in [1.54, 1.807) is 11.9 Å². The summed E-state index contributed by atoms with van der Waals surface area (Å²) in [4.78, 5) is 0.958. The maximum atomic E-state index is 4.92. The van der Waals surface area contributed by atoms with Gasteiger partial charge >= 0.3 is 0 Å². The van der Waals surface area contributed by atoms with Gasteiger partial charge in [0.1, 0.15) is 0 Å². The summed E-state index contributed by atoms with van der Waals surface area (Å²) in [7, 11) is 0. The first-order chi connectivity index (χ1) is 3.89. The molecule has 1 nitrogen and oxygen atoms in total. The molecule has 1 N–H and O–H groups in total. The Hall–Kier alpha value is -0.0200. The average molecular weight is 145 g/mol. The van der Waals surface area contributed by atoms with Crippen LogP contribution < -0.4 is 4.72 Å². The van der Waals surface area contributed by atoms with Crippen molar-refractivity contribution in [2.24, 2.45) is 0 Å². The lowest BCUT2D eigenvalue weighted by Crippen LogP contribution is -2.09. The number of thiocarbonyl (C=S) groups is 1. The number of hydrogen-bond acceptors (Lipinski definition) is 2. The van der Waals surface area contributed by atoms with Gasteiger partial charge in [0, 0.05) is 6.42 Å². The van der Waals surface area contributed by atoms with Crippen molar-refractivity contribution in [2.45, 2.75) is 12.8 Å². The molecule has 0 saturated heterocycles. The Labute approximate surface area is 58.7 Å². The number of nitrogens with one attached hydrogen (secondary N) is 1. The summed E-state index contributed by atoms with van der Waals surface area (Å²) in [6.45, 7) is 0. The zero-order chi connectivity index (χ0) is 5.82. The van der Waals surface area contributed by atoms with E-state index in [1.165, 1.54) is 0 Å². The van der Waals surface area contributed by atoms with Gasteiger partial charge in [-0.2, -0.15) is 0 Å². The van der Waals surface area contributed by atoms with Crippen LogP contribution in [0.3, 0.4) is 0 Å². The standard InChI is InChI=1S/C5H7NS2/c7-5-3-1-2-4-8-6-5/h2,4H,1,3H2,(H,6,7). The molecule has 0 aromatic heterocycles. The molecule has 1 rings (SSSR count). The Morgan fingerprint density at radius 1 is 1.75 bits per heavy atom. The molecule has 0 spiro atoms. The molecule has 1 heterocycles. The topological polar surface area (TPSA) is 12.0 Å². The van der Waals surface area contributed by atoms with Gasteiger partial charge in [-0.3, -0.25) is 0 Å². The molecule has 44 valence electrons. The number of rotatable bonds is 0. The third-order valence-corrected chi connectivity index (χ3v) is 2.00. The van der Waals surface area contributed by atoms with Crippen molar-refractivity contribution in [3.8, 4) is 0 Å². The third-order valence-electron chi connectivity index (χ3n) is 0.875. The molecule has 0 amide bonds. The van der Waals surface area contributed by atoms with Crippen LogP contribution in [0, 0.1) is 0 Å². The van der Waals surface area contributed by atoms with Gasteiger partial charge in [-0.1, -0.05) is 18.3 Å². The Balaban J connectivity index is 2.39. The first-order valence-electron chi connectivity index (χ1n) is 2.49. The number of hydrogen-bond donors (Lipinski definition) is 1. The van der Waals surface area contributed by atoms with Gasteiger partial charge < -0.3 is 4.72 Å². The Kier molecular flexibility index (Phi) is 2.36. The van der Waals surface area contributed by atoms with E-state index in [4.69, 9.17) is 12.2 Å². The fourth-order valence-corrected chi connectivity index (χ4v) is 1.28. The second kappa shape index (κ2) is 3.10. The van der Waals surface area contributed by atoms with Gasteiger partial charge in [-0.15, -0.1) is 0 Å². The molecule has 0 fully saturated rings. The van der Waals surface area contributed by atoms with Gasteiger partial charge in [-0.25, -0.2) is 0 Å². The van der Waals surface area contributed by atoms with Crippen LogP contribution >= 0.6 is 24.2 Å². The van der Waals surface area contributed by atoms with Gasteiger partial charge in [0.15, 0.2) is 0 Å². The molecule has 0 aromatic rings. The first-order valence-corrected chi connectivity index (χ1v) is 3.78. The lowest BCUT2D eigenvalue weighted by atomic mass is 10.3. The maximum Gasteiger partial charge on any atom is 0.0857 e. The average Bonchev–Trinajstić information content (AvgIpc) is 1.94. The van der Waals surface area contributed by atoms with E-state index >= 15 is 0 Å². The van der Waals surface area contributed by atoms with Crippen LogP contribution in [0.25, 0.3) is 0 Å². The Morgan fingerprint density at radius 3 is 3.50 bits per heavy atom. The van der Waals surface area contributed by atoms with Crippen LogP contribution in [0.2, 0.25) is 0 Å². The highest BCUT2D eigenvalue weighted by Crippen LogP contribution is 2.06.